The Labute approximate surface area is 186 Å². The zero-order valence-corrected chi connectivity index (χ0v) is 19.5. The minimum atomic E-state index is -0.429. The van der Waals surface area contributed by atoms with Crippen LogP contribution in [0.3, 0.4) is 0 Å². The third-order valence-electron chi connectivity index (χ3n) is 5.75. The van der Waals surface area contributed by atoms with Crippen molar-refractivity contribution in [1.29, 1.82) is 0 Å². The minimum absolute atomic E-state index is 0.0752. The first-order valence-electron chi connectivity index (χ1n) is 11.7. The molecule has 0 aromatic carbocycles. The molecule has 170 valence electrons. The number of unbranched alkanes of at least 4 members (excludes halogenated alkanes) is 1. The zero-order chi connectivity index (χ0) is 21.6. The van der Waals surface area contributed by atoms with Crippen molar-refractivity contribution in [2.45, 2.75) is 58.8 Å². The van der Waals surface area contributed by atoms with E-state index in [1.807, 2.05) is 31.9 Å². The maximum Gasteiger partial charge on any atom is 0.365 e. The first-order chi connectivity index (χ1) is 14.7. The maximum atomic E-state index is 10.9. The summed E-state index contributed by atoms with van der Waals surface area (Å²) in [5.74, 6) is 2.85. The summed E-state index contributed by atoms with van der Waals surface area (Å²) in [6, 6.07) is 5.02. The maximum absolute atomic E-state index is 10.9. The molecule has 0 atom stereocenters. The Balaban J connectivity index is 0.00000155. The highest BCUT2D eigenvalue weighted by molar-refractivity contribution is 7.97. The van der Waals surface area contributed by atoms with Crippen molar-refractivity contribution in [1.82, 2.24) is 14.6 Å². The topological polar surface area (TPSA) is 74.5 Å². The lowest BCUT2D eigenvalue weighted by molar-refractivity contribution is -0.389. The number of nitro groups is 1. The highest BCUT2D eigenvalue weighted by atomic mass is 32.2. The molecule has 0 unspecified atom stereocenters. The fourth-order valence-electron chi connectivity index (χ4n) is 4.03. The van der Waals surface area contributed by atoms with Gasteiger partial charge in [0.05, 0.1) is 0 Å². The fourth-order valence-corrected chi connectivity index (χ4v) is 5.00. The van der Waals surface area contributed by atoms with Gasteiger partial charge in [-0.15, -0.1) is 0 Å². The van der Waals surface area contributed by atoms with E-state index in [1.54, 1.807) is 6.07 Å². The number of aromatic nitrogens is 1. The lowest BCUT2D eigenvalue weighted by Crippen LogP contribution is -2.47. The molecular weight excluding hydrogens is 398 g/mol. The highest BCUT2D eigenvalue weighted by Crippen LogP contribution is 2.25. The standard InChI is InChI=1S/C20H33N5O2S.C2H6/c26-25(27)20-10-6-9-19(22-20)24-15-13-23(14-16-24)12-5-4-11-21-28-17-18-7-2-1-3-8-18;1-2/h6,9-10,18,21H,1-5,7-8,11-17H2;1-2H3. The van der Waals surface area contributed by atoms with Gasteiger partial charge in [0.15, 0.2) is 0 Å². The number of anilines is 1. The second-order valence-corrected chi connectivity index (χ2v) is 8.77. The summed E-state index contributed by atoms with van der Waals surface area (Å²) in [6.45, 7) is 9.97. The summed E-state index contributed by atoms with van der Waals surface area (Å²) >= 11 is 1.92. The molecule has 8 heteroatoms. The van der Waals surface area contributed by atoms with E-state index in [2.05, 4.69) is 19.5 Å². The normalized spacial score (nSPS) is 18.0. The van der Waals surface area contributed by atoms with Gasteiger partial charge >= 0.3 is 5.82 Å². The Bertz CT molecular complexity index is 605. The van der Waals surface area contributed by atoms with Crippen LogP contribution < -0.4 is 9.62 Å². The summed E-state index contributed by atoms with van der Waals surface area (Å²) in [7, 11) is 0. The molecule has 2 heterocycles. The van der Waals surface area contributed by atoms with Gasteiger partial charge in [-0.05, 0) is 54.1 Å². The number of hydrogen-bond donors (Lipinski definition) is 1. The molecule has 1 aliphatic heterocycles. The van der Waals surface area contributed by atoms with Crippen LogP contribution in [0.5, 0.6) is 0 Å². The first kappa shape index (κ1) is 24.9. The van der Waals surface area contributed by atoms with Crippen LogP contribution in [0, 0.1) is 16.0 Å². The van der Waals surface area contributed by atoms with Crippen molar-refractivity contribution in [2.75, 3.05) is 49.9 Å². The van der Waals surface area contributed by atoms with Crippen LogP contribution in [0.1, 0.15) is 58.8 Å². The average molecular weight is 438 g/mol. The Hall–Kier alpha value is -1.38. The molecule has 1 aromatic heterocycles. The molecule has 1 aromatic rings. The van der Waals surface area contributed by atoms with E-state index in [1.165, 1.54) is 56.8 Å². The number of nitrogens with one attached hydrogen (secondary N) is 1. The van der Waals surface area contributed by atoms with Crippen LogP contribution in [0.2, 0.25) is 0 Å². The van der Waals surface area contributed by atoms with E-state index < -0.39 is 4.92 Å². The van der Waals surface area contributed by atoms with Gasteiger partial charge in [0, 0.05) is 50.6 Å². The Morgan fingerprint density at radius 1 is 1.13 bits per heavy atom. The van der Waals surface area contributed by atoms with Crippen molar-refractivity contribution >= 4 is 23.6 Å². The van der Waals surface area contributed by atoms with Gasteiger partial charge in [-0.1, -0.05) is 45.1 Å². The summed E-state index contributed by atoms with van der Waals surface area (Å²) < 4.78 is 3.54. The Morgan fingerprint density at radius 3 is 2.57 bits per heavy atom. The predicted molar refractivity (Wildman–Crippen MR) is 127 cm³/mol. The SMILES string of the molecule is CC.O=[N+]([O-])c1cccc(N2CCN(CCCCNSCC3CCCCC3)CC2)n1. The van der Waals surface area contributed by atoms with E-state index in [4.69, 9.17) is 0 Å². The molecule has 1 saturated carbocycles. The van der Waals surface area contributed by atoms with Crippen molar-refractivity contribution in [3.8, 4) is 0 Å². The summed E-state index contributed by atoms with van der Waals surface area (Å²) in [4.78, 5) is 19.3. The van der Waals surface area contributed by atoms with Crippen LogP contribution in [0.4, 0.5) is 11.6 Å². The van der Waals surface area contributed by atoms with Crippen LogP contribution in [-0.4, -0.2) is 59.8 Å². The second kappa shape index (κ2) is 14.6. The van der Waals surface area contributed by atoms with Gasteiger partial charge in [-0.2, -0.15) is 0 Å². The molecule has 7 nitrogen and oxygen atoms in total. The van der Waals surface area contributed by atoms with Gasteiger partial charge in [0.2, 0.25) is 5.82 Å². The minimum Gasteiger partial charge on any atom is -0.358 e. The molecular formula is C22H39N5O2S. The molecule has 1 saturated heterocycles. The Morgan fingerprint density at radius 2 is 1.87 bits per heavy atom. The lowest BCUT2D eigenvalue weighted by Gasteiger charge is -2.34. The smallest absolute Gasteiger partial charge is 0.358 e. The zero-order valence-electron chi connectivity index (χ0n) is 18.7. The fraction of sp³-hybridized carbons (Fsp3) is 0.773. The van der Waals surface area contributed by atoms with Gasteiger partial charge in [0.1, 0.15) is 0 Å². The highest BCUT2D eigenvalue weighted by Gasteiger charge is 2.21. The average Bonchev–Trinajstić information content (AvgIpc) is 2.81. The molecule has 1 aliphatic carbocycles. The summed E-state index contributed by atoms with van der Waals surface area (Å²) in [5, 5.41) is 10.9. The number of rotatable bonds is 10. The Kier molecular flexibility index (Phi) is 12.1. The first-order valence-corrected chi connectivity index (χ1v) is 12.6. The van der Waals surface area contributed by atoms with Gasteiger partial charge in [-0.25, -0.2) is 0 Å². The molecule has 0 spiro atoms. The van der Waals surface area contributed by atoms with Crippen LogP contribution in [-0.2, 0) is 0 Å². The lowest BCUT2D eigenvalue weighted by atomic mass is 9.91. The van der Waals surface area contributed by atoms with E-state index >= 15 is 0 Å². The number of hydrogen-bond acceptors (Lipinski definition) is 7. The van der Waals surface area contributed by atoms with Gasteiger partial charge in [-0.3, -0.25) is 9.62 Å². The van der Waals surface area contributed by atoms with Crippen molar-refractivity contribution < 1.29 is 4.92 Å². The van der Waals surface area contributed by atoms with Gasteiger partial charge < -0.3 is 15.0 Å². The van der Waals surface area contributed by atoms with Gasteiger partial charge in [0.25, 0.3) is 0 Å². The third kappa shape index (κ3) is 8.78. The van der Waals surface area contributed by atoms with Crippen molar-refractivity contribution in [3.63, 3.8) is 0 Å². The van der Waals surface area contributed by atoms with E-state index in [0.29, 0.717) is 5.82 Å². The van der Waals surface area contributed by atoms with E-state index in [9.17, 15) is 10.1 Å². The molecule has 0 amide bonds. The molecule has 2 aliphatic rings. The molecule has 0 bridgehead atoms. The molecule has 3 rings (SSSR count). The third-order valence-corrected chi connectivity index (χ3v) is 6.80. The number of piperazine rings is 1. The summed E-state index contributed by atoms with van der Waals surface area (Å²) in [6.07, 6.45) is 9.56. The molecule has 1 N–H and O–H groups in total. The van der Waals surface area contributed by atoms with Crippen molar-refractivity contribution in [2.24, 2.45) is 5.92 Å². The molecule has 30 heavy (non-hydrogen) atoms. The van der Waals surface area contributed by atoms with E-state index in [-0.39, 0.29) is 5.82 Å². The molecule has 2 fully saturated rings. The second-order valence-electron chi connectivity index (χ2n) is 7.86. The quantitative estimate of drug-likeness (QED) is 0.245. The number of pyridine rings is 1. The van der Waals surface area contributed by atoms with Crippen LogP contribution in [0.15, 0.2) is 18.2 Å². The van der Waals surface area contributed by atoms with Crippen molar-refractivity contribution in [3.05, 3.63) is 28.3 Å². The molecule has 0 radical (unpaired) electrons. The van der Waals surface area contributed by atoms with E-state index in [0.717, 1.165) is 45.2 Å². The predicted octanol–water partition coefficient (Wildman–Crippen LogP) is 4.74. The number of nitrogens with zero attached hydrogens (tertiary/aromatic N) is 4. The summed E-state index contributed by atoms with van der Waals surface area (Å²) in [5.41, 5.74) is 0. The largest absolute Gasteiger partial charge is 0.365 e. The van der Waals surface area contributed by atoms with Crippen LogP contribution in [0.25, 0.3) is 0 Å². The van der Waals surface area contributed by atoms with Crippen LogP contribution >= 0.6 is 11.9 Å². The monoisotopic (exact) mass is 437 g/mol.